The number of aryl methyl sites for hydroxylation is 1. The van der Waals surface area contributed by atoms with Crippen LogP contribution in [0.4, 0.5) is 11.4 Å². The van der Waals surface area contributed by atoms with Gasteiger partial charge in [0.1, 0.15) is 0 Å². The molecule has 2 nitrogen and oxygen atoms in total. The highest BCUT2D eigenvalue weighted by atomic mass is 15.1. The molecule has 2 heteroatoms. The van der Waals surface area contributed by atoms with Crippen molar-refractivity contribution in [3.63, 3.8) is 0 Å². The Morgan fingerprint density at radius 1 is 1.05 bits per heavy atom. The summed E-state index contributed by atoms with van der Waals surface area (Å²) in [6, 6.07) is 17.0. The van der Waals surface area contributed by atoms with E-state index in [9.17, 15) is 0 Å². The number of nitrogens with zero attached hydrogens (tertiary/aromatic N) is 1. The molecule has 1 heterocycles. The Balaban J connectivity index is 1.59. The molecule has 0 saturated heterocycles. The van der Waals surface area contributed by atoms with Crippen LogP contribution in [0.1, 0.15) is 17.5 Å². The summed E-state index contributed by atoms with van der Waals surface area (Å²) in [4.78, 5) is 2.47. The van der Waals surface area contributed by atoms with E-state index in [2.05, 4.69) is 47.4 Å². The van der Waals surface area contributed by atoms with Crippen molar-refractivity contribution in [2.24, 2.45) is 0 Å². The van der Waals surface area contributed by atoms with Crippen molar-refractivity contribution in [2.75, 3.05) is 23.7 Å². The third-order valence-corrected chi connectivity index (χ3v) is 3.84. The van der Waals surface area contributed by atoms with E-state index < -0.39 is 0 Å². The van der Waals surface area contributed by atoms with Crippen LogP contribution in [0.25, 0.3) is 0 Å². The first-order valence-electron chi connectivity index (χ1n) is 7.00. The minimum Gasteiger partial charge on any atom is -0.399 e. The Morgan fingerprint density at radius 2 is 1.89 bits per heavy atom. The van der Waals surface area contributed by atoms with Gasteiger partial charge in [-0.05, 0) is 42.5 Å². The van der Waals surface area contributed by atoms with Gasteiger partial charge in [0, 0.05) is 24.5 Å². The second-order valence-electron chi connectivity index (χ2n) is 5.21. The molecule has 0 bridgehead atoms. The molecule has 1 aliphatic rings. The average Bonchev–Trinajstić information content (AvgIpc) is 2.83. The first-order chi connectivity index (χ1) is 9.33. The van der Waals surface area contributed by atoms with Gasteiger partial charge in [0.15, 0.2) is 0 Å². The molecule has 19 heavy (non-hydrogen) atoms. The van der Waals surface area contributed by atoms with Gasteiger partial charge in [-0.15, -0.1) is 0 Å². The van der Waals surface area contributed by atoms with E-state index in [1.54, 1.807) is 0 Å². The van der Waals surface area contributed by atoms with Crippen LogP contribution in [0.15, 0.2) is 48.5 Å². The Labute approximate surface area is 114 Å². The van der Waals surface area contributed by atoms with E-state index in [-0.39, 0.29) is 0 Å². The molecular weight excluding hydrogens is 232 g/mol. The van der Waals surface area contributed by atoms with Crippen LogP contribution in [-0.2, 0) is 12.8 Å². The lowest BCUT2D eigenvalue weighted by Crippen LogP contribution is -2.22. The highest BCUT2D eigenvalue weighted by Crippen LogP contribution is 2.29. The maximum atomic E-state index is 5.89. The molecule has 3 rings (SSSR count). The SMILES string of the molecule is Nc1ccc2c(c1)N(CCCc1ccccc1)CC2. The Morgan fingerprint density at radius 3 is 2.74 bits per heavy atom. The predicted octanol–water partition coefficient (Wildman–Crippen LogP) is 3.26. The summed E-state index contributed by atoms with van der Waals surface area (Å²) in [5, 5.41) is 0. The van der Waals surface area contributed by atoms with Crippen molar-refractivity contribution < 1.29 is 0 Å². The summed E-state index contributed by atoms with van der Waals surface area (Å²) >= 11 is 0. The van der Waals surface area contributed by atoms with E-state index in [0.29, 0.717) is 0 Å². The molecule has 0 saturated carbocycles. The first kappa shape index (κ1) is 12.1. The van der Waals surface area contributed by atoms with Crippen LogP contribution in [0, 0.1) is 0 Å². The van der Waals surface area contributed by atoms with E-state index in [1.165, 1.54) is 23.2 Å². The third kappa shape index (κ3) is 2.73. The Bertz CT molecular complexity index is 548. The van der Waals surface area contributed by atoms with E-state index in [4.69, 9.17) is 5.73 Å². The second-order valence-corrected chi connectivity index (χ2v) is 5.21. The van der Waals surface area contributed by atoms with Gasteiger partial charge in [0.25, 0.3) is 0 Å². The van der Waals surface area contributed by atoms with Crippen LogP contribution in [0.2, 0.25) is 0 Å². The highest BCUT2D eigenvalue weighted by Gasteiger charge is 2.18. The minimum absolute atomic E-state index is 0.869. The molecule has 2 N–H and O–H groups in total. The third-order valence-electron chi connectivity index (χ3n) is 3.84. The molecule has 0 atom stereocenters. The molecule has 0 spiro atoms. The number of nitrogens with two attached hydrogens (primary N) is 1. The maximum absolute atomic E-state index is 5.89. The van der Waals surface area contributed by atoms with Crippen molar-refractivity contribution in [2.45, 2.75) is 19.3 Å². The van der Waals surface area contributed by atoms with E-state index in [1.807, 2.05) is 6.07 Å². The van der Waals surface area contributed by atoms with Crippen molar-refractivity contribution in [3.8, 4) is 0 Å². The summed E-state index contributed by atoms with van der Waals surface area (Å²) in [7, 11) is 0. The smallest absolute Gasteiger partial charge is 0.0420 e. The summed E-state index contributed by atoms with van der Waals surface area (Å²) < 4.78 is 0. The number of nitrogen functional groups attached to an aromatic ring is 1. The van der Waals surface area contributed by atoms with Gasteiger partial charge in [-0.1, -0.05) is 36.4 Å². The number of hydrogen-bond acceptors (Lipinski definition) is 2. The molecule has 98 valence electrons. The molecular formula is C17H20N2. The van der Waals surface area contributed by atoms with Crippen molar-refractivity contribution in [3.05, 3.63) is 59.7 Å². The number of hydrogen-bond donors (Lipinski definition) is 1. The van der Waals surface area contributed by atoms with Crippen LogP contribution in [0.3, 0.4) is 0 Å². The zero-order chi connectivity index (χ0) is 13.1. The number of rotatable bonds is 4. The molecule has 0 aromatic heterocycles. The maximum Gasteiger partial charge on any atom is 0.0420 e. The van der Waals surface area contributed by atoms with Gasteiger partial charge in [-0.2, -0.15) is 0 Å². The minimum atomic E-state index is 0.869. The van der Waals surface area contributed by atoms with E-state index in [0.717, 1.165) is 31.6 Å². The van der Waals surface area contributed by atoms with Crippen LogP contribution in [0.5, 0.6) is 0 Å². The van der Waals surface area contributed by atoms with Crippen LogP contribution >= 0.6 is 0 Å². The first-order valence-corrected chi connectivity index (χ1v) is 7.00. The predicted molar refractivity (Wildman–Crippen MR) is 81.5 cm³/mol. The molecule has 0 aliphatic carbocycles. The highest BCUT2D eigenvalue weighted by molar-refractivity contribution is 5.64. The molecule has 0 amide bonds. The van der Waals surface area contributed by atoms with E-state index >= 15 is 0 Å². The standard InChI is InChI=1S/C17H20N2/c18-16-9-8-15-10-12-19(17(15)13-16)11-4-7-14-5-2-1-3-6-14/h1-3,5-6,8-9,13H,4,7,10-12,18H2. The quantitative estimate of drug-likeness (QED) is 0.846. The monoisotopic (exact) mass is 252 g/mol. The largest absolute Gasteiger partial charge is 0.399 e. The zero-order valence-corrected chi connectivity index (χ0v) is 11.2. The number of benzene rings is 2. The average molecular weight is 252 g/mol. The molecule has 1 aliphatic heterocycles. The number of anilines is 2. The second kappa shape index (κ2) is 5.35. The fraction of sp³-hybridized carbons (Fsp3) is 0.294. The summed E-state index contributed by atoms with van der Waals surface area (Å²) in [6.07, 6.45) is 3.49. The fourth-order valence-electron chi connectivity index (χ4n) is 2.81. The van der Waals surface area contributed by atoms with Crippen molar-refractivity contribution in [1.29, 1.82) is 0 Å². The zero-order valence-electron chi connectivity index (χ0n) is 11.2. The molecule has 0 radical (unpaired) electrons. The fourth-order valence-corrected chi connectivity index (χ4v) is 2.81. The lowest BCUT2D eigenvalue weighted by molar-refractivity contribution is 0.751. The molecule has 2 aromatic carbocycles. The Hall–Kier alpha value is -1.96. The molecule has 0 fully saturated rings. The van der Waals surface area contributed by atoms with Gasteiger partial charge in [-0.25, -0.2) is 0 Å². The summed E-state index contributed by atoms with van der Waals surface area (Å²) in [5.41, 5.74) is 11.0. The molecule has 2 aromatic rings. The van der Waals surface area contributed by atoms with Gasteiger partial charge in [0.05, 0.1) is 0 Å². The van der Waals surface area contributed by atoms with Crippen LogP contribution in [-0.4, -0.2) is 13.1 Å². The Kier molecular flexibility index (Phi) is 3.41. The normalized spacial score (nSPS) is 13.6. The van der Waals surface area contributed by atoms with Gasteiger partial charge >= 0.3 is 0 Å². The van der Waals surface area contributed by atoms with Crippen molar-refractivity contribution >= 4 is 11.4 Å². The lowest BCUT2D eigenvalue weighted by atomic mass is 10.1. The van der Waals surface area contributed by atoms with Gasteiger partial charge in [-0.3, -0.25) is 0 Å². The summed E-state index contributed by atoms with van der Waals surface area (Å²) in [5.74, 6) is 0. The topological polar surface area (TPSA) is 29.3 Å². The van der Waals surface area contributed by atoms with Crippen LogP contribution < -0.4 is 10.6 Å². The number of fused-ring (bicyclic) bond motifs is 1. The van der Waals surface area contributed by atoms with Crippen molar-refractivity contribution in [1.82, 2.24) is 0 Å². The molecule has 0 unspecified atom stereocenters. The lowest BCUT2D eigenvalue weighted by Gasteiger charge is -2.19. The summed E-state index contributed by atoms with van der Waals surface area (Å²) in [6.45, 7) is 2.25. The van der Waals surface area contributed by atoms with Gasteiger partial charge in [0.2, 0.25) is 0 Å². The van der Waals surface area contributed by atoms with Gasteiger partial charge < -0.3 is 10.6 Å².